The Bertz CT molecular complexity index is 948. The van der Waals surface area contributed by atoms with Crippen LogP contribution in [0.5, 0.6) is 0 Å². The third kappa shape index (κ3) is 5.86. The molecule has 4 aliphatic carbocycles. The maximum Gasteiger partial charge on any atom is 0.326 e. The zero-order valence-electron chi connectivity index (χ0n) is 24.3. The van der Waals surface area contributed by atoms with Crippen molar-refractivity contribution in [2.24, 2.45) is 52.1 Å². The number of aliphatic hydroxyl groups is 3. The van der Waals surface area contributed by atoms with E-state index in [1.165, 1.54) is 0 Å². The lowest BCUT2D eigenvalue weighted by atomic mass is 9.43. The van der Waals surface area contributed by atoms with Crippen molar-refractivity contribution in [1.29, 1.82) is 0 Å². The van der Waals surface area contributed by atoms with Gasteiger partial charge in [-0.1, -0.05) is 20.8 Å². The summed E-state index contributed by atoms with van der Waals surface area (Å²) in [6.45, 7) is 7.07. The van der Waals surface area contributed by atoms with Gasteiger partial charge in [0.1, 0.15) is 6.04 Å². The van der Waals surface area contributed by atoms with Crippen molar-refractivity contribution in [2.75, 3.05) is 6.54 Å². The molecule has 4 rings (SSSR count). The average molecular weight is 566 g/mol. The monoisotopic (exact) mass is 565 g/mol. The first-order chi connectivity index (χ1) is 18.8. The molecular formula is C30H51N3O7. The molecule has 0 unspecified atom stereocenters. The van der Waals surface area contributed by atoms with Crippen LogP contribution in [0.25, 0.3) is 0 Å². The predicted molar refractivity (Wildman–Crippen MR) is 149 cm³/mol. The first kappa shape index (κ1) is 31.0. The Hall–Kier alpha value is -1.91. The van der Waals surface area contributed by atoms with Crippen LogP contribution in [0.1, 0.15) is 91.4 Å². The fraction of sp³-hybridized carbons (Fsp3) is 0.900. The summed E-state index contributed by atoms with van der Waals surface area (Å²) < 4.78 is 0. The average Bonchev–Trinajstić information content (AvgIpc) is 3.25. The molecule has 0 saturated heterocycles. The van der Waals surface area contributed by atoms with Crippen LogP contribution in [-0.2, 0) is 9.59 Å². The number of carboxylic acid groups (broad SMARTS) is 1. The molecular weight excluding hydrogens is 514 g/mol. The Morgan fingerprint density at radius 3 is 2.27 bits per heavy atom. The van der Waals surface area contributed by atoms with E-state index >= 15 is 0 Å². The van der Waals surface area contributed by atoms with Crippen molar-refractivity contribution in [3.05, 3.63) is 0 Å². The molecule has 0 aliphatic heterocycles. The molecule has 0 radical (unpaired) electrons. The van der Waals surface area contributed by atoms with Crippen LogP contribution in [0.3, 0.4) is 0 Å². The number of hydrogen-bond acceptors (Lipinski definition) is 6. The van der Waals surface area contributed by atoms with Crippen molar-refractivity contribution < 1.29 is 34.8 Å². The smallest absolute Gasteiger partial charge is 0.326 e. The maximum atomic E-state index is 12.7. The van der Waals surface area contributed by atoms with E-state index in [2.05, 4.69) is 31.4 Å². The summed E-state index contributed by atoms with van der Waals surface area (Å²) in [6, 6.07) is -1.67. The molecule has 4 aliphatic rings. The highest BCUT2D eigenvalue weighted by Gasteiger charge is 2.65. The number of fused-ring (bicyclic) bond motifs is 5. The Labute approximate surface area is 237 Å². The number of carboxylic acids is 1. The number of nitrogens with one attached hydrogen (secondary N) is 2. The van der Waals surface area contributed by atoms with Gasteiger partial charge in [-0.15, -0.1) is 0 Å². The van der Waals surface area contributed by atoms with E-state index in [0.717, 1.165) is 38.5 Å². The van der Waals surface area contributed by atoms with Gasteiger partial charge in [-0.2, -0.15) is 0 Å². The van der Waals surface area contributed by atoms with Crippen molar-refractivity contribution in [1.82, 2.24) is 10.6 Å². The lowest BCUT2D eigenvalue weighted by Crippen LogP contribution is -2.64. The minimum atomic E-state index is -1.10. The number of carbonyl (C=O) groups is 3. The van der Waals surface area contributed by atoms with Crippen molar-refractivity contribution >= 4 is 17.9 Å². The summed E-state index contributed by atoms with van der Waals surface area (Å²) in [5, 5.41) is 47.6. The maximum absolute atomic E-state index is 12.7. The largest absolute Gasteiger partial charge is 0.480 e. The minimum absolute atomic E-state index is 0.0200. The molecule has 0 bridgehead atoms. The minimum Gasteiger partial charge on any atom is -0.480 e. The standard InChI is InChI=1S/C30H51N3O7/c1-16(6-9-23(35)33-22(27(38)39)5-4-14-32-28(31)40)18-7-8-19-24-20(11-13-29(18,19)2)30(3)12-10-17(34)15-21(30)25(36)26(24)37/h16-22,24-26,34,36-37H,4-15H2,1-3H3,(H,33,35)(H,38,39)(H3,31,32,40)/t16-,17-,18-,19+,20+,21+,22+,24+,25+,26+,29-,30-/m1/s1. The molecule has 0 aromatic rings. The van der Waals surface area contributed by atoms with Gasteiger partial charge in [0.15, 0.2) is 0 Å². The predicted octanol–water partition coefficient (Wildman–Crippen LogP) is 2.38. The van der Waals surface area contributed by atoms with Crippen LogP contribution in [0.4, 0.5) is 4.79 Å². The Kier molecular flexibility index (Phi) is 9.42. The fourth-order valence-corrected chi connectivity index (χ4v) is 9.82. The molecule has 228 valence electrons. The SMILES string of the molecule is C[C@H](CCC(=O)N[C@@H](CCCNC(N)=O)C(=O)O)[C@H]1CC[C@H]2[C@@H]3[C@H](O)[C@@H](O)[C@@H]4C[C@H](O)CC[C@]4(C)[C@H]3CC[C@]12C. The highest BCUT2D eigenvalue weighted by atomic mass is 16.4. The molecule has 0 heterocycles. The second-order valence-corrected chi connectivity index (χ2v) is 13.9. The molecule has 3 amide bonds. The number of nitrogens with two attached hydrogens (primary N) is 1. The van der Waals surface area contributed by atoms with Gasteiger partial charge < -0.3 is 36.8 Å². The molecule has 10 heteroatoms. The fourth-order valence-electron chi connectivity index (χ4n) is 9.82. The number of urea groups is 1. The number of aliphatic carboxylic acids is 1. The molecule has 0 spiro atoms. The van der Waals surface area contributed by atoms with Crippen LogP contribution in [0.15, 0.2) is 0 Å². The highest BCUT2D eigenvalue weighted by molar-refractivity contribution is 5.83. The van der Waals surface area contributed by atoms with Crippen LogP contribution in [0.2, 0.25) is 0 Å². The summed E-state index contributed by atoms with van der Waals surface area (Å²) in [4.78, 5) is 35.1. The molecule has 10 nitrogen and oxygen atoms in total. The lowest BCUT2D eigenvalue weighted by Gasteiger charge is -2.63. The molecule has 0 aromatic heterocycles. The number of primary amides is 1. The van der Waals surface area contributed by atoms with E-state index in [4.69, 9.17) is 5.73 Å². The van der Waals surface area contributed by atoms with E-state index in [-0.39, 0.29) is 53.9 Å². The van der Waals surface area contributed by atoms with Gasteiger partial charge in [-0.25, -0.2) is 9.59 Å². The topological polar surface area (TPSA) is 182 Å². The Balaban J connectivity index is 1.36. The van der Waals surface area contributed by atoms with Crippen molar-refractivity contribution in [3.63, 3.8) is 0 Å². The van der Waals surface area contributed by atoms with Gasteiger partial charge in [0.25, 0.3) is 0 Å². The second kappa shape index (κ2) is 12.1. The van der Waals surface area contributed by atoms with Gasteiger partial charge >= 0.3 is 12.0 Å². The van der Waals surface area contributed by atoms with Crippen LogP contribution in [0, 0.1) is 46.3 Å². The van der Waals surface area contributed by atoms with E-state index in [1.807, 2.05) is 0 Å². The Morgan fingerprint density at radius 1 is 0.925 bits per heavy atom. The summed E-state index contributed by atoms with van der Waals surface area (Å²) in [6.07, 6.45) is 5.84. The van der Waals surface area contributed by atoms with E-state index in [0.29, 0.717) is 37.0 Å². The molecule has 8 N–H and O–H groups in total. The number of carbonyl (C=O) groups excluding carboxylic acids is 2. The molecule has 4 saturated carbocycles. The van der Waals surface area contributed by atoms with Gasteiger partial charge in [0, 0.05) is 13.0 Å². The van der Waals surface area contributed by atoms with Crippen molar-refractivity contribution in [2.45, 2.75) is 116 Å². The third-order valence-corrected chi connectivity index (χ3v) is 11.9. The molecule has 0 aromatic carbocycles. The van der Waals surface area contributed by atoms with Crippen LogP contribution >= 0.6 is 0 Å². The van der Waals surface area contributed by atoms with Crippen LogP contribution < -0.4 is 16.4 Å². The van der Waals surface area contributed by atoms with Gasteiger partial charge in [0.05, 0.1) is 18.3 Å². The highest BCUT2D eigenvalue weighted by Crippen LogP contribution is 2.68. The summed E-state index contributed by atoms with van der Waals surface area (Å²) in [5.74, 6) is -0.0929. The lowest BCUT2D eigenvalue weighted by molar-refractivity contribution is -0.223. The summed E-state index contributed by atoms with van der Waals surface area (Å²) >= 11 is 0. The van der Waals surface area contributed by atoms with Gasteiger partial charge in [-0.05, 0) is 111 Å². The van der Waals surface area contributed by atoms with Gasteiger partial charge in [-0.3, -0.25) is 4.79 Å². The number of aliphatic hydroxyl groups excluding tert-OH is 3. The van der Waals surface area contributed by atoms with E-state index in [9.17, 15) is 34.8 Å². The number of hydrogen-bond donors (Lipinski definition) is 7. The number of rotatable bonds is 10. The zero-order valence-corrected chi connectivity index (χ0v) is 24.3. The number of amides is 3. The molecule has 4 fully saturated rings. The molecule has 12 atom stereocenters. The Morgan fingerprint density at radius 2 is 1.60 bits per heavy atom. The first-order valence-corrected chi connectivity index (χ1v) is 15.4. The van der Waals surface area contributed by atoms with Gasteiger partial charge in [0.2, 0.25) is 5.91 Å². The third-order valence-electron chi connectivity index (χ3n) is 11.9. The zero-order chi connectivity index (χ0) is 29.4. The quantitative estimate of drug-likeness (QED) is 0.198. The summed E-state index contributed by atoms with van der Waals surface area (Å²) in [7, 11) is 0. The second-order valence-electron chi connectivity index (χ2n) is 13.9. The molecule has 40 heavy (non-hydrogen) atoms. The van der Waals surface area contributed by atoms with Crippen molar-refractivity contribution in [3.8, 4) is 0 Å². The van der Waals surface area contributed by atoms with Crippen LogP contribution in [-0.4, -0.2) is 69.2 Å². The summed E-state index contributed by atoms with van der Waals surface area (Å²) in [5.41, 5.74) is 4.99. The van der Waals surface area contributed by atoms with E-state index in [1.54, 1.807) is 0 Å². The first-order valence-electron chi connectivity index (χ1n) is 15.4. The normalized spacial score (nSPS) is 42.0. The van der Waals surface area contributed by atoms with E-state index < -0.39 is 36.4 Å².